The number of hydrogen-bond donors (Lipinski definition) is 0. The molecule has 1 heterocycles. The van der Waals surface area contributed by atoms with Crippen molar-refractivity contribution < 1.29 is 4.79 Å². The summed E-state index contributed by atoms with van der Waals surface area (Å²) in [5, 5.41) is 8.23. The molecule has 0 saturated heterocycles. The summed E-state index contributed by atoms with van der Waals surface area (Å²) in [4.78, 5) is 11.3. The number of aromatic nitrogens is 2. The van der Waals surface area contributed by atoms with E-state index in [1.54, 1.807) is 5.51 Å². The maximum atomic E-state index is 11.3. The second-order valence-corrected chi connectivity index (χ2v) is 3.32. The minimum Gasteiger partial charge on any atom is -0.294 e. The lowest BCUT2D eigenvalue weighted by atomic mass is 10.1. The highest BCUT2D eigenvalue weighted by Gasteiger charge is 2.06. The maximum absolute atomic E-state index is 11.3. The van der Waals surface area contributed by atoms with Crippen molar-refractivity contribution in [3.8, 4) is 0 Å². The zero-order valence-electron chi connectivity index (χ0n) is 7.07. The molecule has 0 saturated carbocycles. The normalized spacial score (nSPS) is 11.7. The summed E-state index contributed by atoms with van der Waals surface area (Å²) >= 11 is 1.41. The van der Waals surface area contributed by atoms with Crippen LogP contribution < -0.4 is 0 Å². The summed E-state index contributed by atoms with van der Waals surface area (Å²) in [6.07, 6.45) is 2.18. The number of carbonyl (C=O) groups is 1. The summed E-state index contributed by atoms with van der Waals surface area (Å²) in [5.41, 5.74) is 2.42. The van der Waals surface area contributed by atoms with Crippen LogP contribution >= 0.6 is 11.3 Å². The van der Waals surface area contributed by atoms with Crippen LogP contribution in [0.15, 0.2) is 17.2 Å². The van der Waals surface area contributed by atoms with Gasteiger partial charge in [-0.3, -0.25) is 4.79 Å². The van der Waals surface area contributed by atoms with Crippen LogP contribution in [0, 0.1) is 0 Å². The Kier molecular flexibility index (Phi) is 3.10. The van der Waals surface area contributed by atoms with E-state index in [0.29, 0.717) is 6.42 Å². The molecule has 0 fully saturated rings. The summed E-state index contributed by atoms with van der Waals surface area (Å²) < 4.78 is 0. The molecule has 0 aliphatic rings. The van der Waals surface area contributed by atoms with Crippen molar-refractivity contribution in [2.24, 2.45) is 0 Å². The second-order valence-electron chi connectivity index (χ2n) is 2.40. The number of rotatable bonds is 3. The lowest BCUT2D eigenvalue weighted by Gasteiger charge is -1.94. The highest BCUT2D eigenvalue weighted by molar-refractivity contribution is 7.09. The van der Waals surface area contributed by atoms with Crippen molar-refractivity contribution in [3.05, 3.63) is 22.2 Å². The number of nitrogens with zero attached hydrogens (tertiary/aromatic N) is 2. The third-order valence-corrected chi connectivity index (χ3v) is 2.29. The number of allylic oxidation sites excluding steroid dienone is 2. The first-order valence-electron chi connectivity index (χ1n) is 3.65. The first-order chi connectivity index (χ1) is 5.74. The fourth-order valence-electron chi connectivity index (χ4n) is 0.711. The molecule has 1 aromatic rings. The number of ketones is 1. The fourth-order valence-corrected chi connectivity index (χ4v) is 1.24. The van der Waals surface area contributed by atoms with Gasteiger partial charge in [-0.2, -0.15) is 0 Å². The number of hydrogen-bond acceptors (Lipinski definition) is 4. The van der Waals surface area contributed by atoms with Crippen LogP contribution in [-0.4, -0.2) is 16.0 Å². The first kappa shape index (κ1) is 9.06. The molecule has 1 aromatic heterocycles. The average molecular weight is 182 g/mol. The molecular weight excluding hydrogens is 172 g/mol. The molecule has 0 atom stereocenters. The van der Waals surface area contributed by atoms with Gasteiger partial charge in [-0.1, -0.05) is 6.08 Å². The molecule has 4 heteroatoms. The van der Waals surface area contributed by atoms with Crippen LogP contribution in [0.5, 0.6) is 0 Å². The van der Waals surface area contributed by atoms with E-state index < -0.39 is 0 Å². The van der Waals surface area contributed by atoms with Crippen LogP contribution in [0.4, 0.5) is 0 Å². The predicted molar refractivity (Wildman–Crippen MR) is 48.1 cm³/mol. The van der Waals surface area contributed by atoms with Crippen molar-refractivity contribution in [2.75, 3.05) is 0 Å². The molecule has 0 radical (unpaired) electrons. The smallest absolute Gasteiger partial charge is 0.165 e. The Morgan fingerprint density at radius 1 is 1.75 bits per heavy atom. The highest BCUT2D eigenvalue weighted by atomic mass is 32.1. The lowest BCUT2D eigenvalue weighted by Crippen LogP contribution is -2.03. The van der Waals surface area contributed by atoms with Gasteiger partial charge in [0.2, 0.25) is 0 Å². The quantitative estimate of drug-likeness (QED) is 0.667. The molecule has 0 N–H and O–H groups in total. The topological polar surface area (TPSA) is 42.9 Å². The maximum Gasteiger partial charge on any atom is 0.165 e. The predicted octanol–water partition coefficient (Wildman–Crippen LogP) is 1.62. The minimum atomic E-state index is 0.120. The summed E-state index contributed by atoms with van der Waals surface area (Å²) in [5.74, 6) is 0.120. The minimum absolute atomic E-state index is 0.120. The average Bonchev–Trinajstić information content (AvgIpc) is 2.55. The third-order valence-electron chi connectivity index (χ3n) is 1.59. The molecule has 1 rings (SSSR count). The van der Waals surface area contributed by atoms with Gasteiger partial charge in [-0.25, -0.2) is 0 Å². The Labute approximate surface area is 75.1 Å². The van der Waals surface area contributed by atoms with Crippen LogP contribution in [0.3, 0.4) is 0 Å². The van der Waals surface area contributed by atoms with Gasteiger partial charge in [0.25, 0.3) is 0 Å². The Bertz CT molecular complexity index is 290. The summed E-state index contributed by atoms with van der Waals surface area (Å²) in [7, 11) is 0. The number of Topliss-reactive ketones (excluding diaryl/α,β-unsaturated/α-hetero) is 1. The van der Waals surface area contributed by atoms with E-state index in [4.69, 9.17) is 0 Å². The van der Waals surface area contributed by atoms with Gasteiger partial charge >= 0.3 is 0 Å². The molecule has 0 aliphatic heterocycles. The summed E-state index contributed by atoms with van der Waals surface area (Å²) in [6, 6.07) is 0. The van der Waals surface area contributed by atoms with Gasteiger partial charge in [0, 0.05) is 0 Å². The van der Waals surface area contributed by atoms with Gasteiger partial charge in [0.05, 0.1) is 6.42 Å². The monoisotopic (exact) mass is 182 g/mol. The zero-order valence-corrected chi connectivity index (χ0v) is 7.89. The second kappa shape index (κ2) is 4.11. The van der Waals surface area contributed by atoms with E-state index >= 15 is 0 Å². The molecule has 0 aromatic carbocycles. The largest absolute Gasteiger partial charge is 0.294 e. The third kappa shape index (κ3) is 2.23. The molecule has 12 heavy (non-hydrogen) atoms. The molecule has 0 bridgehead atoms. The Morgan fingerprint density at radius 3 is 3.00 bits per heavy atom. The molecule has 0 aliphatic carbocycles. The summed E-state index contributed by atoms with van der Waals surface area (Å²) in [6.45, 7) is 3.66. The van der Waals surface area contributed by atoms with E-state index in [1.807, 2.05) is 19.9 Å². The van der Waals surface area contributed by atoms with Crippen molar-refractivity contribution in [3.63, 3.8) is 0 Å². The Morgan fingerprint density at radius 2 is 2.50 bits per heavy atom. The van der Waals surface area contributed by atoms with Crippen LogP contribution in [0.1, 0.15) is 18.9 Å². The van der Waals surface area contributed by atoms with E-state index in [0.717, 1.165) is 10.6 Å². The molecule has 3 nitrogen and oxygen atoms in total. The van der Waals surface area contributed by atoms with Crippen LogP contribution in [0.25, 0.3) is 0 Å². The zero-order chi connectivity index (χ0) is 8.97. The molecule has 0 spiro atoms. The van der Waals surface area contributed by atoms with Crippen molar-refractivity contribution in [1.82, 2.24) is 10.2 Å². The first-order valence-corrected chi connectivity index (χ1v) is 4.53. The van der Waals surface area contributed by atoms with Crippen molar-refractivity contribution in [1.29, 1.82) is 0 Å². The molecule has 0 amide bonds. The van der Waals surface area contributed by atoms with Crippen molar-refractivity contribution in [2.45, 2.75) is 20.3 Å². The van der Waals surface area contributed by atoms with Gasteiger partial charge in [0.1, 0.15) is 10.5 Å². The van der Waals surface area contributed by atoms with Crippen molar-refractivity contribution >= 4 is 17.1 Å². The molecular formula is C8H10N2OS. The van der Waals surface area contributed by atoms with Gasteiger partial charge in [-0.15, -0.1) is 21.5 Å². The van der Waals surface area contributed by atoms with Crippen LogP contribution in [-0.2, 0) is 11.2 Å². The Hall–Kier alpha value is -1.03. The lowest BCUT2D eigenvalue weighted by molar-refractivity contribution is -0.114. The van der Waals surface area contributed by atoms with Gasteiger partial charge < -0.3 is 0 Å². The van der Waals surface area contributed by atoms with Gasteiger partial charge in [0.15, 0.2) is 5.78 Å². The molecule has 0 unspecified atom stereocenters. The molecule has 64 valence electrons. The number of carbonyl (C=O) groups excluding carboxylic acids is 1. The SMILES string of the molecule is CC=C(C)C(=O)Cc1nncs1. The van der Waals surface area contributed by atoms with Gasteiger partial charge in [-0.05, 0) is 19.4 Å². The standard InChI is InChI=1S/C8H10N2OS/c1-3-6(2)7(11)4-8-10-9-5-12-8/h3,5H,4H2,1-2H3. The fraction of sp³-hybridized carbons (Fsp3) is 0.375. The van der Waals surface area contributed by atoms with Crippen LogP contribution in [0.2, 0.25) is 0 Å². The van der Waals surface area contributed by atoms with E-state index in [1.165, 1.54) is 11.3 Å². The van der Waals surface area contributed by atoms with E-state index in [9.17, 15) is 4.79 Å². The highest BCUT2D eigenvalue weighted by Crippen LogP contribution is 2.06. The van der Waals surface area contributed by atoms with E-state index in [2.05, 4.69) is 10.2 Å². The van der Waals surface area contributed by atoms with E-state index in [-0.39, 0.29) is 5.78 Å². The Balaban J connectivity index is 2.59.